The Bertz CT molecular complexity index is 1180. The summed E-state index contributed by atoms with van der Waals surface area (Å²) in [7, 11) is 1.94. The summed E-state index contributed by atoms with van der Waals surface area (Å²) in [5, 5.41) is 8.38. The van der Waals surface area contributed by atoms with E-state index in [0.29, 0.717) is 6.42 Å². The van der Waals surface area contributed by atoms with Gasteiger partial charge >= 0.3 is 6.18 Å². The van der Waals surface area contributed by atoms with Gasteiger partial charge in [-0.15, -0.1) is 0 Å². The van der Waals surface area contributed by atoms with E-state index in [9.17, 15) is 18.0 Å². The van der Waals surface area contributed by atoms with E-state index in [1.807, 2.05) is 28.9 Å². The van der Waals surface area contributed by atoms with Crippen molar-refractivity contribution in [3.63, 3.8) is 0 Å². The Morgan fingerprint density at radius 2 is 1.59 bits per heavy atom. The normalized spacial score (nSPS) is 34.0. The van der Waals surface area contributed by atoms with E-state index in [0.717, 1.165) is 47.7 Å². The molecule has 5 aliphatic rings. The number of aromatic nitrogens is 2. The zero-order chi connectivity index (χ0) is 27.7. The van der Waals surface area contributed by atoms with Crippen LogP contribution in [0, 0.1) is 23.2 Å². The smallest absolute Gasteiger partial charge is 0.344 e. The third-order valence-electron chi connectivity index (χ3n) is 9.96. The van der Waals surface area contributed by atoms with Gasteiger partial charge < -0.3 is 4.90 Å². The van der Waals surface area contributed by atoms with E-state index < -0.39 is 17.8 Å². The summed E-state index contributed by atoms with van der Waals surface area (Å²) in [5.41, 5.74) is 1.01. The Labute approximate surface area is 229 Å². The van der Waals surface area contributed by atoms with Gasteiger partial charge in [0, 0.05) is 31.7 Å². The van der Waals surface area contributed by atoms with Gasteiger partial charge in [-0.2, -0.15) is 18.3 Å². The molecule has 7 rings (SSSR count). The number of rotatable bonds is 5. The van der Waals surface area contributed by atoms with Crippen LogP contribution in [0.1, 0.15) is 94.5 Å². The molecule has 8 heteroatoms. The van der Waals surface area contributed by atoms with Crippen molar-refractivity contribution in [1.29, 1.82) is 0 Å². The fraction of sp³-hybridized carbons (Fsp3) is 0.677. The highest BCUT2D eigenvalue weighted by Crippen LogP contribution is 2.60. The number of alkyl halides is 3. The lowest BCUT2D eigenvalue weighted by Gasteiger charge is -2.57. The van der Waals surface area contributed by atoms with Gasteiger partial charge in [0.15, 0.2) is 0 Å². The Morgan fingerprint density at radius 3 is 2.10 bits per heavy atom. The van der Waals surface area contributed by atoms with Gasteiger partial charge in [0.25, 0.3) is 0 Å². The van der Waals surface area contributed by atoms with Crippen molar-refractivity contribution in [2.45, 2.75) is 95.4 Å². The molecule has 1 amide bonds. The van der Waals surface area contributed by atoms with Crippen molar-refractivity contribution >= 4 is 5.91 Å². The summed E-state index contributed by atoms with van der Waals surface area (Å²) in [6.45, 7) is 7.04. The predicted molar refractivity (Wildman–Crippen MR) is 144 cm³/mol. The fourth-order valence-electron chi connectivity index (χ4n) is 8.70. The molecule has 212 valence electrons. The van der Waals surface area contributed by atoms with Crippen LogP contribution in [0.25, 0.3) is 0 Å². The first-order valence-corrected chi connectivity index (χ1v) is 14.5. The summed E-state index contributed by atoms with van der Waals surface area (Å²) >= 11 is 0. The van der Waals surface area contributed by atoms with Crippen LogP contribution in [0.5, 0.6) is 0 Å². The van der Waals surface area contributed by atoms with Crippen LogP contribution in [0.2, 0.25) is 0 Å². The van der Waals surface area contributed by atoms with Gasteiger partial charge in [0.2, 0.25) is 5.91 Å². The Balaban J connectivity index is 1.23. The molecular formula is C31H41F3N4O. The number of carbonyl (C=O) groups is 1. The number of nitrogens with zero attached hydrogens (tertiary/aromatic N) is 3. The molecule has 1 saturated heterocycles. The van der Waals surface area contributed by atoms with Crippen molar-refractivity contribution in [3.05, 3.63) is 53.3 Å². The number of likely N-dealkylation sites (N-methyl/N-ethyl adjacent to an activating group) is 1. The first-order valence-electron chi connectivity index (χ1n) is 14.5. The van der Waals surface area contributed by atoms with E-state index in [-0.39, 0.29) is 28.8 Å². The van der Waals surface area contributed by atoms with Crippen LogP contribution < -0.4 is 5.32 Å². The minimum Gasteiger partial charge on any atom is -0.344 e. The quantitative estimate of drug-likeness (QED) is 0.468. The second kappa shape index (κ2) is 9.35. The molecule has 1 N–H and O–H groups in total. The van der Waals surface area contributed by atoms with E-state index in [1.54, 1.807) is 12.1 Å². The second-order valence-corrected chi connectivity index (χ2v) is 14.1. The van der Waals surface area contributed by atoms with Crippen molar-refractivity contribution in [1.82, 2.24) is 20.0 Å². The van der Waals surface area contributed by atoms with Crippen molar-refractivity contribution < 1.29 is 18.0 Å². The van der Waals surface area contributed by atoms with Gasteiger partial charge in [-0.05, 0) is 113 Å². The molecule has 5 nitrogen and oxygen atoms in total. The summed E-state index contributed by atoms with van der Waals surface area (Å²) in [6, 6.07) is 6.64. The van der Waals surface area contributed by atoms with Crippen LogP contribution in [0.3, 0.4) is 0 Å². The standard InChI is InChI=1S/C31H41F3N4O/c1-29(2,3)38-10-9-25(36-38)24-14-26(35-27(24)22-5-7-23(8-6-22)31(32,33)34)28(39)37(4)18-30-15-19-11-20(16-30)13-21(12-19)17-30/h5-10,19-21,24,26-27,35H,11-18H2,1-4H3/t19?,20?,21?,24?,26-,27-,30?/m0/s1. The molecule has 1 aromatic heterocycles. The molecule has 1 unspecified atom stereocenters. The maximum atomic E-state index is 13.9. The number of hydrogen-bond acceptors (Lipinski definition) is 3. The Hall–Kier alpha value is -2.35. The molecule has 3 atom stereocenters. The van der Waals surface area contributed by atoms with E-state index >= 15 is 0 Å². The largest absolute Gasteiger partial charge is 0.416 e. The predicted octanol–water partition coefficient (Wildman–Crippen LogP) is 6.52. The highest BCUT2D eigenvalue weighted by molar-refractivity contribution is 5.82. The highest BCUT2D eigenvalue weighted by Gasteiger charge is 2.52. The third-order valence-corrected chi connectivity index (χ3v) is 9.96. The molecule has 0 radical (unpaired) electrons. The molecule has 2 heterocycles. The first kappa shape index (κ1) is 26.9. The van der Waals surface area contributed by atoms with Gasteiger partial charge in [0.1, 0.15) is 0 Å². The topological polar surface area (TPSA) is 50.2 Å². The molecule has 1 aliphatic heterocycles. The van der Waals surface area contributed by atoms with E-state index in [4.69, 9.17) is 5.10 Å². The molecule has 4 bridgehead atoms. The average molecular weight is 543 g/mol. The Kier molecular flexibility index (Phi) is 6.44. The fourth-order valence-corrected chi connectivity index (χ4v) is 8.70. The molecule has 5 fully saturated rings. The van der Waals surface area contributed by atoms with Gasteiger partial charge in [-0.1, -0.05) is 12.1 Å². The number of amides is 1. The van der Waals surface area contributed by atoms with Crippen molar-refractivity contribution in [2.75, 3.05) is 13.6 Å². The molecule has 2 aromatic rings. The lowest BCUT2D eigenvalue weighted by molar-refractivity contribution is -0.138. The van der Waals surface area contributed by atoms with Gasteiger partial charge in [-0.25, -0.2) is 0 Å². The summed E-state index contributed by atoms with van der Waals surface area (Å²) in [5.74, 6) is 2.45. The first-order chi connectivity index (χ1) is 18.3. The number of halogens is 3. The van der Waals surface area contributed by atoms with Crippen LogP contribution in [0.4, 0.5) is 13.2 Å². The highest BCUT2D eigenvalue weighted by atomic mass is 19.4. The minimum atomic E-state index is -4.38. The van der Waals surface area contributed by atoms with Crippen LogP contribution in [-0.4, -0.2) is 40.2 Å². The van der Waals surface area contributed by atoms with E-state index in [1.165, 1.54) is 38.5 Å². The SMILES string of the molecule is CN(CC12CC3CC(CC(C3)C1)C2)C(=O)[C@@H]1CC(c2ccn(C(C)(C)C)n2)[C@H](c2ccc(C(F)(F)F)cc2)N1. The van der Waals surface area contributed by atoms with Crippen LogP contribution >= 0.6 is 0 Å². The van der Waals surface area contributed by atoms with Gasteiger partial charge in [-0.3, -0.25) is 14.8 Å². The zero-order valence-corrected chi connectivity index (χ0v) is 23.5. The number of nitrogens with one attached hydrogen (secondary N) is 1. The lowest BCUT2D eigenvalue weighted by atomic mass is 9.49. The second-order valence-electron chi connectivity index (χ2n) is 14.1. The van der Waals surface area contributed by atoms with Crippen molar-refractivity contribution in [2.24, 2.45) is 23.2 Å². The summed E-state index contributed by atoms with van der Waals surface area (Å²) < 4.78 is 41.6. The third kappa shape index (κ3) is 5.14. The maximum Gasteiger partial charge on any atom is 0.416 e. The van der Waals surface area contributed by atoms with Crippen molar-refractivity contribution in [3.8, 4) is 0 Å². The number of hydrogen-bond donors (Lipinski definition) is 1. The lowest BCUT2D eigenvalue weighted by Crippen LogP contribution is -2.53. The summed E-state index contributed by atoms with van der Waals surface area (Å²) in [6.07, 6.45) is 5.99. The Morgan fingerprint density at radius 1 is 1.00 bits per heavy atom. The summed E-state index contributed by atoms with van der Waals surface area (Å²) in [4.78, 5) is 15.8. The van der Waals surface area contributed by atoms with Gasteiger partial charge in [0.05, 0.1) is 22.8 Å². The molecule has 1 aromatic carbocycles. The molecular weight excluding hydrogens is 501 g/mol. The van der Waals surface area contributed by atoms with Crippen LogP contribution in [0.15, 0.2) is 36.5 Å². The monoisotopic (exact) mass is 542 g/mol. The number of benzene rings is 1. The average Bonchev–Trinajstić information content (AvgIpc) is 3.50. The molecule has 39 heavy (non-hydrogen) atoms. The zero-order valence-electron chi connectivity index (χ0n) is 23.5. The number of carbonyl (C=O) groups excluding carboxylic acids is 1. The molecule has 4 aliphatic carbocycles. The maximum absolute atomic E-state index is 13.9. The van der Waals surface area contributed by atoms with Crippen LogP contribution in [-0.2, 0) is 16.5 Å². The molecule has 0 spiro atoms. The van der Waals surface area contributed by atoms with E-state index in [2.05, 4.69) is 26.1 Å². The molecule has 4 saturated carbocycles. The minimum absolute atomic E-state index is 0.0837.